The number of rotatable bonds is 3. The maximum Gasteiger partial charge on any atom is 0.292 e. The molecule has 1 aromatic heterocycles. The summed E-state index contributed by atoms with van der Waals surface area (Å²) in [6.45, 7) is 3.72. The molecule has 0 saturated carbocycles. The van der Waals surface area contributed by atoms with E-state index < -0.39 is 0 Å². The van der Waals surface area contributed by atoms with Crippen molar-refractivity contribution in [1.82, 2.24) is 10.1 Å². The molecule has 0 N–H and O–H groups in total. The van der Waals surface area contributed by atoms with Crippen LogP contribution in [0.25, 0.3) is 0 Å². The maximum atomic E-state index is 12.5. The topological polar surface area (TPSA) is 46.3 Å². The first-order chi connectivity index (χ1) is 10.8. The van der Waals surface area contributed by atoms with Gasteiger partial charge in [-0.2, -0.15) is 0 Å². The van der Waals surface area contributed by atoms with Gasteiger partial charge in [-0.3, -0.25) is 4.79 Å². The third-order valence-electron chi connectivity index (χ3n) is 4.38. The summed E-state index contributed by atoms with van der Waals surface area (Å²) in [5.74, 6) is 0.455. The lowest BCUT2D eigenvalue weighted by Gasteiger charge is -2.18. The van der Waals surface area contributed by atoms with Gasteiger partial charge in [0.05, 0.1) is 5.69 Å². The molecule has 0 spiro atoms. The number of benzene rings is 1. The SMILES string of the molecule is C[C@H](c1ccccc1)c1cc(C(=O)N2CCCCCC2)on1. The molecule has 116 valence electrons. The lowest BCUT2D eigenvalue weighted by atomic mass is 9.98. The summed E-state index contributed by atoms with van der Waals surface area (Å²) in [4.78, 5) is 14.4. The standard InChI is InChI=1S/C18H22N2O2/c1-14(15-9-5-4-6-10-15)16-13-17(22-19-16)18(21)20-11-7-2-3-8-12-20/h4-6,9-10,13-14H,2-3,7-8,11-12H2,1H3/t14-/m1/s1. The molecule has 0 unspecified atom stereocenters. The van der Waals surface area contributed by atoms with Crippen LogP contribution in [0.3, 0.4) is 0 Å². The first-order valence-electron chi connectivity index (χ1n) is 8.06. The van der Waals surface area contributed by atoms with Crippen molar-refractivity contribution in [2.75, 3.05) is 13.1 Å². The van der Waals surface area contributed by atoms with E-state index in [2.05, 4.69) is 24.2 Å². The van der Waals surface area contributed by atoms with Crippen molar-refractivity contribution in [2.24, 2.45) is 0 Å². The first kappa shape index (κ1) is 14.8. The molecule has 1 aromatic carbocycles. The molecule has 4 heteroatoms. The number of carbonyl (C=O) groups is 1. The van der Waals surface area contributed by atoms with Gasteiger partial charge in [0.1, 0.15) is 0 Å². The number of likely N-dealkylation sites (tertiary alicyclic amines) is 1. The van der Waals surface area contributed by atoms with Crippen LogP contribution in [0.1, 0.15) is 60.3 Å². The van der Waals surface area contributed by atoms with Crippen LogP contribution in [-0.2, 0) is 0 Å². The molecule has 1 saturated heterocycles. The van der Waals surface area contributed by atoms with Crippen LogP contribution in [0.15, 0.2) is 40.9 Å². The molecule has 3 rings (SSSR count). The minimum Gasteiger partial charge on any atom is -0.351 e. The second-order valence-electron chi connectivity index (χ2n) is 5.95. The van der Waals surface area contributed by atoms with Gasteiger partial charge in [0.15, 0.2) is 0 Å². The van der Waals surface area contributed by atoms with Crippen molar-refractivity contribution in [1.29, 1.82) is 0 Å². The molecule has 1 atom stereocenters. The molecule has 0 bridgehead atoms. The normalized spacial score (nSPS) is 17.0. The average Bonchev–Trinajstić information content (AvgIpc) is 2.90. The van der Waals surface area contributed by atoms with E-state index in [0.29, 0.717) is 5.76 Å². The fraction of sp³-hybridized carbons (Fsp3) is 0.444. The highest BCUT2D eigenvalue weighted by Crippen LogP contribution is 2.24. The molecule has 4 nitrogen and oxygen atoms in total. The number of nitrogens with zero attached hydrogens (tertiary/aromatic N) is 2. The number of hydrogen-bond acceptors (Lipinski definition) is 3. The van der Waals surface area contributed by atoms with E-state index in [1.54, 1.807) is 6.07 Å². The van der Waals surface area contributed by atoms with Gasteiger partial charge in [0, 0.05) is 25.1 Å². The summed E-state index contributed by atoms with van der Waals surface area (Å²) >= 11 is 0. The summed E-state index contributed by atoms with van der Waals surface area (Å²) in [7, 11) is 0. The Bertz CT molecular complexity index is 613. The smallest absolute Gasteiger partial charge is 0.292 e. The van der Waals surface area contributed by atoms with E-state index in [-0.39, 0.29) is 11.8 Å². The minimum absolute atomic E-state index is 0.0269. The minimum atomic E-state index is -0.0269. The summed E-state index contributed by atoms with van der Waals surface area (Å²) in [5, 5.41) is 4.11. The highest BCUT2D eigenvalue weighted by atomic mass is 16.5. The molecule has 1 fully saturated rings. The monoisotopic (exact) mass is 298 g/mol. The van der Waals surface area contributed by atoms with Gasteiger partial charge in [-0.25, -0.2) is 0 Å². The van der Waals surface area contributed by atoms with Crippen LogP contribution in [0.5, 0.6) is 0 Å². The van der Waals surface area contributed by atoms with Crippen LogP contribution in [0.4, 0.5) is 0 Å². The molecular weight excluding hydrogens is 276 g/mol. The summed E-state index contributed by atoms with van der Waals surface area (Å²) in [5.41, 5.74) is 1.98. The summed E-state index contributed by atoms with van der Waals surface area (Å²) in [6, 6.07) is 11.9. The highest BCUT2D eigenvalue weighted by molar-refractivity contribution is 5.91. The number of amides is 1. The van der Waals surface area contributed by atoms with Gasteiger partial charge < -0.3 is 9.42 Å². The Labute approximate surface area is 131 Å². The highest BCUT2D eigenvalue weighted by Gasteiger charge is 2.23. The zero-order valence-corrected chi connectivity index (χ0v) is 13.0. The Hall–Kier alpha value is -2.10. The summed E-state index contributed by atoms with van der Waals surface area (Å²) < 4.78 is 5.32. The third kappa shape index (κ3) is 3.21. The zero-order chi connectivity index (χ0) is 15.4. The fourth-order valence-electron chi connectivity index (χ4n) is 2.94. The van der Waals surface area contributed by atoms with Crippen LogP contribution < -0.4 is 0 Å². The van der Waals surface area contributed by atoms with Crippen LogP contribution in [-0.4, -0.2) is 29.1 Å². The van der Waals surface area contributed by atoms with Gasteiger partial charge in [-0.05, 0) is 18.4 Å². The van der Waals surface area contributed by atoms with Gasteiger partial charge in [-0.15, -0.1) is 0 Å². The number of hydrogen-bond donors (Lipinski definition) is 0. The van der Waals surface area contributed by atoms with Crippen molar-refractivity contribution in [3.05, 3.63) is 53.4 Å². The quantitative estimate of drug-likeness (QED) is 0.865. The number of carbonyl (C=O) groups excluding carboxylic acids is 1. The number of aromatic nitrogens is 1. The van der Waals surface area contributed by atoms with Gasteiger partial charge >= 0.3 is 0 Å². The van der Waals surface area contributed by atoms with Crippen LogP contribution in [0.2, 0.25) is 0 Å². The molecule has 1 amide bonds. The Morgan fingerprint density at radius 3 is 2.50 bits per heavy atom. The van der Waals surface area contributed by atoms with Crippen molar-refractivity contribution in [2.45, 2.75) is 38.5 Å². The molecule has 0 aliphatic carbocycles. The predicted molar refractivity (Wildman–Crippen MR) is 84.8 cm³/mol. The van der Waals surface area contributed by atoms with Crippen molar-refractivity contribution in [3.63, 3.8) is 0 Å². The second-order valence-corrected chi connectivity index (χ2v) is 5.95. The molecule has 22 heavy (non-hydrogen) atoms. The van der Waals surface area contributed by atoms with Crippen molar-refractivity contribution >= 4 is 5.91 Å². The molecule has 2 heterocycles. The Balaban J connectivity index is 1.74. The lowest BCUT2D eigenvalue weighted by Crippen LogP contribution is -2.31. The largest absolute Gasteiger partial charge is 0.351 e. The van der Waals surface area contributed by atoms with E-state index in [4.69, 9.17) is 4.52 Å². The van der Waals surface area contributed by atoms with Crippen molar-refractivity contribution < 1.29 is 9.32 Å². The fourth-order valence-corrected chi connectivity index (χ4v) is 2.94. The van der Waals surface area contributed by atoms with E-state index in [1.165, 1.54) is 18.4 Å². The van der Waals surface area contributed by atoms with Crippen LogP contribution in [0, 0.1) is 0 Å². The van der Waals surface area contributed by atoms with Crippen LogP contribution >= 0.6 is 0 Å². The molecular formula is C18H22N2O2. The van der Waals surface area contributed by atoms with E-state index in [9.17, 15) is 4.79 Å². The molecule has 1 aliphatic heterocycles. The zero-order valence-electron chi connectivity index (χ0n) is 13.0. The molecule has 1 aliphatic rings. The Morgan fingerprint density at radius 1 is 1.14 bits per heavy atom. The maximum absolute atomic E-state index is 12.5. The van der Waals surface area contributed by atoms with Gasteiger partial charge in [0.25, 0.3) is 5.91 Å². The third-order valence-corrected chi connectivity index (χ3v) is 4.38. The van der Waals surface area contributed by atoms with Gasteiger partial charge in [-0.1, -0.05) is 55.3 Å². The molecule has 2 aromatic rings. The Kier molecular flexibility index (Phi) is 4.56. The molecule has 0 radical (unpaired) electrons. The lowest BCUT2D eigenvalue weighted by molar-refractivity contribution is 0.0719. The van der Waals surface area contributed by atoms with Crippen molar-refractivity contribution in [3.8, 4) is 0 Å². The average molecular weight is 298 g/mol. The van der Waals surface area contributed by atoms with E-state index >= 15 is 0 Å². The first-order valence-corrected chi connectivity index (χ1v) is 8.06. The van der Waals surface area contributed by atoms with E-state index in [1.807, 2.05) is 23.1 Å². The predicted octanol–water partition coefficient (Wildman–Crippen LogP) is 3.84. The van der Waals surface area contributed by atoms with Gasteiger partial charge in [0.2, 0.25) is 5.76 Å². The second kappa shape index (κ2) is 6.77. The van der Waals surface area contributed by atoms with E-state index in [0.717, 1.165) is 31.6 Å². The Morgan fingerprint density at radius 2 is 1.82 bits per heavy atom. The summed E-state index contributed by atoms with van der Waals surface area (Å²) in [6.07, 6.45) is 4.56.